The predicted molar refractivity (Wildman–Crippen MR) is 61.3 cm³/mol. The molecule has 1 aromatic carbocycles. The molecule has 3 nitrogen and oxygen atoms in total. The van der Waals surface area contributed by atoms with Crippen LogP contribution in [0.1, 0.15) is 13.8 Å². The minimum Gasteiger partial charge on any atom is -0.497 e. The number of ether oxygens (including phenoxy) is 2. The molecule has 1 unspecified atom stereocenters. The van der Waals surface area contributed by atoms with Gasteiger partial charge in [-0.05, 0) is 18.1 Å². The molecule has 1 aromatic rings. The summed E-state index contributed by atoms with van der Waals surface area (Å²) in [6, 6.07) is 7.57. The topological polar surface area (TPSA) is 44.5 Å². The van der Waals surface area contributed by atoms with Gasteiger partial charge in [-0.3, -0.25) is 0 Å². The van der Waals surface area contributed by atoms with Gasteiger partial charge >= 0.3 is 0 Å². The quantitative estimate of drug-likeness (QED) is 0.807. The largest absolute Gasteiger partial charge is 0.497 e. The maximum Gasteiger partial charge on any atom is 0.123 e. The average Bonchev–Trinajstić information content (AvgIpc) is 2.25. The van der Waals surface area contributed by atoms with Crippen LogP contribution in [0.3, 0.4) is 0 Å². The van der Waals surface area contributed by atoms with Crippen LogP contribution in [-0.4, -0.2) is 19.8 Å². The first-order valence-electron chi connectivity index (χ1n) is 5.18. The van der Waals surface area contributed by atoms with E-state index in [0.29, 0.717) is 12.5 Å². The molecule has 0 aromatic heterocycles. The van der Waals surface area contributed by atoms with E-state index in [1.165, 1.54) is 0 Å². The molecule has 0 saturated carbocycles. The Balaban J connectivity index is 2.70. The van der Waals surface area contributed by atoms with E-state index in [4.69, 9.17) is 15.2 Å². The maximum absolute atomic E-state index is 5.76. The summed E-state index contributed by atoms with van der Waals surface area (Å²) in [5, 5.41) is 0. The van der Waals surface area contributed by atoms with Crippen LogP contribution in [0.2, 0.25) is 0 Å². The number of hydrogen-bond acceptors (Lipinski definition) is 3. The Morgan fingerprint density at radius 3 is 2.47 bits per heavy atom. The molecule has 0 fully saturated rings. The fourth-order valence-corrected chi connectivity index (χ4v) is 1.31. The zero-order valence-electron chi connectivity index (χ0n) is 9.57. The molecule has 0 heterocycles. The summed E-state index contributed by atoms with van der Waals surface area (Å²) >= 11 is 0. The number of benzene rings is 1. The third-order valence-corrected chi connectivity index (χ3v) is 2.30. The lowest BCUT2D eigenvalue weighted by atomic mass is 10.1. The van der Waals surface area contributed by atoms with E-state index in [1.807, 2.05) is 24.3 Å². The molecule has 0 bridgehead atoms. The molecule has 0 aliphatic heterocycles. The van der Waals surface area contributed by atoms with Crippen LogP contribution >= 0.6 is 0 Å². The number of methoxy groups -OCH3 is 1. The van der Waals surface area contributed by atoms with Crippen molar-refractivity contribution in [2.45, 2.75) is 20.0 Å². The van der Waals surface area contributed by atoms with Gasteiger partial charge < -0.3 is 15.2 Å². The summed E-state index contributed by atoms with van der Waals surface area (Å²) in [7, 11) is 1.64. The number of rotatable bonds is 5. The van der Waals surface area contributed by atoms with Gasteiger partial charge in [0.05, 0.1) is 7.11 Å². The zero-order chi connectivity index (χ0) is 11.3. The Bertz CT molecular complexity index is 299. The SMILES string of the molecule is COc1cccc(OC(CN)C(C)C)c1. The number of hydrogen-bond donors (Lipinski definition) is 1. The summed E-state index contributed by atoms with van der Waals surface area (Å²) < 4.78 is 10.9. The van der Waals surface area contributed by atoms with Gasteiger partial charge in [-0.1, -0.05) is 19.9 Å². The van der Waals surface area contributed by atoms with E-state index in [9.17, 15) is 0 Å². The highest BCUT2D eigenvalue weighted by molar-refractivity contribution is 5.32. The van der Waals surface area contributed by atoms with Crippen molar-refractivity contribution in [1.82, 2.24) is 0 Å². The van der Waals surface area contributed by atoms with Gasteiger partial charge in [-0.25, -0.2) is 0 Å². The Morgan fingerprint density at radius 2 is 1.93 bits per heavy atom. The van der Waals surface area contributed by atoms with Crippen LogP contribution in [0.4, 0.5) is 0 Å². The average molecular weight is 209 g/mol. The second-order valence-electron chi connectivity index (χ2n) is 3.82. The molecule has 0 radical (unpaired) electrons. The molecule has 0 aliphatic rings. The minimum absolute atomic E-state index is 0.0529. The third kappa shape index (κ3) is 3.44. The van der Waals surface area contributed by atoms with Gasteiger partial charge in [0.15, 0.2) is 0 Å². The van der Waals surface area contributed by atoms with Crippen molar-refractivity contribution < 1.29 is 9.47 Å². The Hall–Kier alpha value is -1.22. The summed E-state index contributed by atoms with van der Waals surface area (Å²) in [5.41, 5.74) is 5.64. The molecule has 0 amide bonds. The minimum atomic E-state index is 0.0529. The maximum atomic E-state index is 5.76. The van der Waals surface area contributed by atoms with E-state index >= 15 is 0 Å². The van der Waals surface area contributed by atoms with E-state index in [1.54, 1.807) is 7.11 Å². The highest BCUT2D eigenvalue weighted by atomic mass is 16.5. The number of nitrogens with two attached hydrogens (primary N) is 1. The van der Waals surface area contributed by atoms with Crippen molar-refractivity contribution in [3.8, 4) is 11.5 Å². The van der Waals surface area contributed by atoms with Crippen LogP contribution in [-0.2, 0) is 0 Å². The predicted octanol–water partition coefficient (Wildman–Crippen LogP) is 2.06. The molecule has 84 valence electrons. The van der Waals surface area contributed by atoms with Gasteiger partial charge in [-0.2, -0.15) is 0 Å². The summed E-state index contributed by atoms with van der Waals surface area (Å²) in [5.74, 6) is 2.01. The highest BCUT2D eigenvalue weighted by Gasteiger charge is 2.13. The molecular weight excluding hydrogens is 190 g/mol. The lowest BCUT2D eigenvalue weighted by Gasteiger charge is -2.21. The fourth-order valence-electron chi connectivity index (χ4n) is 1.31. The smallest absolute Gasteiger partial charge is 0.123 e. The fraction of sp³-hybridized carbons (Fsp3) is 0.500. The molecule has 0 aliphatic carbocycles. The van der Waals surface area contributed by atoms with Crippen molar-refractivity contribution >= 4 is 0 Å². The molecule has 15 heavy (non-hydrogen) atoms. The van der Waals surface area contributed by atoms with Gasteiger partial charge in [-0.15, -0.1) is 0 Å². The van der Waals surface area contributed by atoms with Crippen LogP contribution < -0.4 is 15.2 Å². The molecule has 1 rings (SSSR count). The van der Waals surface area contributed by atoms with E-state index in [2.05, 4.69) is 13.8 Å². The van der Waals surface area contributed by atoms with Crippen LogP contribution in [0, 0.1) is 5.92 Å². The van der Waals surface area contributed by atoms with Crippen molar-refractivity contribution in [2.24, 2.45) is 11.7 Å². The third-order valence-electron chi connectivity index (χ3n) is 2.30. The van der Waals surface area contributed by atoms with E-state index in [-0.39, 0.29) is 6.10 Å². The molecule has 1 atom stereocenters. The lowest BCUT2D eigenvalue weighted by Crippen LogP contribution is -2.31. The normalized spacial score (nSPS) is 12.6. The van der Waals surface area contributed by atoms with Crippen molar-refractivity contribution in [1.29, 1.82) is 0 Å². The Kier molecular flexibility index (Phi) is 4.43. The lowest BCUT2D eigenvalue weighted by molar-refractivity contribution is 0.159. The van der Waals surface area contributed by atoms with Crippen molar-refractivity contribution in [3.63, 3.8) is 0 Å². The first kappa shape index (κ1) is 11.9. The summed E-state index contributed by atoms with van der Waals surface area (Å²) in [6.07, 6.45) is 0.0529. The molecular formula is C12H19NO2. The van der Waals surface area contributed by atoms with Crippen molar-refractivity contribution in [2.75, 3.05) is 13.7 Å². The summed E-state index contributed by atoms with van der Waals surface area (Å²) in [4.78, 5) is 0. The molecule has 2 N–H and O–H groups in total. The second kappa shape index (κ2) is 5.61. The first-order chi connectivity index (χ1) is 7.17. The zero-order valence-corrected chi connectivity index (χ0v) is 9.57. The van der Waals surface area contributed by atoms with Gasteiger partial charge in [0, 0.05) is 12.6 Å². The monoisotopic (exact) mass is 209 g/mol. The molecule has 3 heteroatoms. The van der Waals surface area contributed by atoms with E-state index < -0.39 is 0 Å². The van der Waals surface area contributed by atoms with Crippen LogP contribution in [0.15, 0.2) is 24.3 Å². The van der Waals surface area contributed by atoms with Crippen molar-refractivity contribution in [3.05, 3.63) is 24.3 Å². The van der Waals surface area contributed by atoms with Gasteiger partial charge in [0.1, 0.15) is 17.6 Å². The van der Waals surface area contributed by atoms with Gasteiger partial charge in [0.25, 0.3) is 0 Å². The molecule has 0 saturated heterocycles. The Labute approximate surface area is 91.2 Å². The molecule has 0 spiro atoms. The standard InChI is InChI=1S/C12H19NO2/c1-9(2)12(8-13)15-11-6-4-5-10(7-11)14-3/h4-7,9,12H,8,13H2,1-3H3. The first-order valence-corrected chi connectivity index (χ1v) is 5.18. The van der Waals surface area contributed by atoms with E-state index in [0.717, 1.165) is 11.5 Å². The summed E-state index contributed by atoms with van der Waals surface area (Å²) in [6.45, 7) is 4.71. The highest BCUT2D eigenvalue weighted by Crippen LogP contribution is 2.21. The van der Waals surface area contributed by atoms with Gasteiger partial charge in [0.2, 0.25) is 0 Å². The second-order valence-corrected chi connectivity index (χ2v) is 3.82. The van der Waals surface area contributed by atoms with Crippen LogP contribution in [0.25, 0.3) is 0 Å². The Morgan fingerprint density at radius 1 is 1.27 bits per heavy atom. The van der Waals surface area contributed by atoms with Crippen LogP contribution in [0.5, 0.6) is 11.5 Å².